The molecule has 0 unspecified atom stereocenters. The lowest BCUT2D eigenvalue weighted by molar-refractivity contribution is 0.0531. The van der Waals surface area contributed by atoms with Crippen LogP contribution >= 0.6 is 22.9 Å². The van der Waals surface area contributed by atoms with Gasteiger partial charge in [-0.3, -0.25) is 0 Å². The number of aryl methyl sites for hydroxylation is 1. The van der Waals surface area contributed by atoms with E-state index in [1.54, 1.807) is 6.92 Å². The topological polar surface area (TPSA) is 39.2 Å². The molecule has 1 rings (SSSR count). The first kappa shape index (κ1) is 13.2. The fourth-order valence-corrected chi connectivity index (χ4v) is 2.14. The second-order valence-corrected chi connectivity index (χ2v) is 4.48. The standard InChI is InChI=1S/C11H14ClNO2S/c1-3-15-11(14)10-8(2)13-9(16-10)6-4-5-7-12/h4,6H,3,5,7H2,1-2H3. The average Bonchev–Trinajstić information content (AvgIpc) is 2.61. The first-order chi connectivity index (χ1) is 7.69. The lowest BCUT2D eigenvalue weighted by Gasteiger charge is -1.97. The number of aromatic nitrogens is 1. The minimum atomic E-state index is -0.297. The maximum atomic E-state index is 11.5. The average molecular weight is 260 g/mol. The predicted octanol–water partition coefficient (Wildman–Crippen LogP) is 3.27. The Kier molecular flexibility index (Phi) is 5.49. The third-order valence-corrected chi connectivity index (χ3v) is 3.13. The van der Waals surface area contributed by atoms with Crippen molar-refractivity contribution >= 4 is 35.0 Å². The Hall–Kier alpha value is -0.870. The Balaban J connectivity index is 2.77. The number of nitrogens with zero attached hydrogens (tertiary/aromatic N) is 1. The minimum Gasteiger partial charge on any atom is -0.462 e. The van der Waals surface area contributed by atoms with Crippen molar-refractivity contribution in [3.63, 3.8) is 0 Å². The van der Waals surface area contributed by atoms with E-state index in [-0.39, 0.29) is 5.97 Å². The van der Waals surface area contributed by atoms with E-state index in [1.165, 1.54) is 11.3 Å². The largest absolute Gasteiger partial charge is 0.462 e. The minimum absolute atomic E-state index is 0.297. The Morgan fingerprint density at radius 1 is 1.62 bits per heavy atom. The normalized spacial score (nSPS) is 10.9. The van der Waals surface area contributed by atoms with Gasteiger partial charge < -0.3 is 4.74 Å². The summed E-state index contributed by atoms with van der Waals surface area (Å²) in [6.07, 6.45) is 4.62. The van der Waals surface area contributed by atoms with Crippen molar-refractivity contribution in [2.45, 2.75) is 20.3 Å². The molecule has 88 valence electrons. The zero-order valence-electron chi connectivity index (χ0n) is 9.33. The number of esters is 1. The molecule has 1 aromatic heterocycles. The Morgan fingerprint density at radius 3 is 3.00 bits per heavy atom. The number of rotatable bonds is 5. The number of thiazole rings is 1. The molecule has 0 aliphatic heterocycles. The van der Waals surface area contributed by atoms with Crippen LogP contribution in [0.5, 0.6) is 0 Å². The van der Waals surface area contributed by atoms with E-state index in [2.05, 4.69) is 4.98 Å². The molecule has 1 aromatic rings. The van der Waals surface area contributed by atoms with Crippen molar-refractivity contribution in [2.75, 3.05) is 12.5 Å². The molecule has 0 fully saturated rings. The van der Waals surface area contributed by atoms with Gasteiger partial charge in [-0.1, -0.05) is 6.08 Å². The fourth-order valence-electron chi connectivity index (χ4n) is 1.12. The van der Waals surface area contributed by atoms with Crippen LogP contribution in [0.1, 0.15) is 33.7 Å². The number of allylic oxidation sites excluding steroid dienone is 1. The molecule has 0 spiro atoms. The molecule has 0 bridgehead atoms. The summed E-state index contributed by atoms with van der Waals surface area (Å²) in [4.78, 5) is 16.4. The van der Waals surface area contributed by atoms with E-state index >= 15 is 0 Å². The molecule has 0 N–H and O–H groups in total. The molecule has 0 atom stereocenters. The van der Waals surface area contributed by atoms with Crippen molar-refractivity contribution in [3.8, 4) is 0 Å². The summed E-state index contributed by atoms with van der Waals surface area (Å²) < 4.78 is 4.93. The molecule has 0 radical (unpaired) electrons. The van der Waals surface area contributed by atoms with Crippen LogP contribution in [0, 0.1) is 6.92 Å². The van der Waals surface area contributed by atoms with Crippen LogP contribution in [0.25, 0.3) is 6.08 Å². The summed E-state index contributed by atoms with van der Waals surface area (Å²) in [7, 11) is 0. The summed E-state index contributed by atoms with van der Waals surface area (Å²) in [6.45, 7) is 3.98. The summed E-state index contributed by atoms with van der Waals surface area (Å²) >= 11 is 6.90. The van der Waals surface area contributed by atoms with Gasteiger partial charge in [0.25, 0.3) is 0 Å². The number of hydrogen-bond donors (Lipinski definition) is 0. The van der Waals surface area contributed by atoms with Crippen LogP contribution in [0.4, 0.5) is 0 Å². The molecule has 0 aliphatic rings. The van der Waals surface area contributed by atoms with Crippen LogP contribution in [0.15, 0.2) is 6.08 Å². The van der Waals surface area contributed by atoms with E-state index < -0.39 is 0 Å². The number of alkyl halides is 1. The predicted molar refractivity (Wildman–Crippen MR) is 67.2 cm³/mol. The van der Waals surface area contributed by atoms with E-state index in [0.717, 1.165) is 11.4 Å². The van der Waals surface area contributed by atoms with E-state index in [0.29, 0.717) is 23.1 Å². The summed E-state index contributed by atoms with van der Waals surface area (Å²) in [5.41, 5.74) is 0.717. The van der Waals surface area contributed by atoms with Gasteiger partial charge in [0.1, 0.15) is 9.88 Å². The number of carbonyl (C=O) groups is 1. The van der Waals surface area contributed by atoms with E-state index in [4.69, 9.17) is 16.3 Å². The highest BCUT2D eigenvalue weighted by Crippen LogP contribution is 2.20. The van der Waals surface area contributed by atoms with Gasteiger partial charge in [-0.25, -0.2) is 9.78 Å². The second kappa shape index (κ2) is 6.66. The van der Waals surface area contributed by atoms with Crippen molar-refractivity contribution in [1.82, 2.24) is 4.98 Å². The summed E-state index contributed by atoms with van der Waals surface area (Å²) in [5.74, 6) is 0.292. The maximum absolute atomic E-state index is 11.5. The lowest BCUT2D eigenvalue weighted by atomic mass is 10.4. The quantitative estimate of drug-likeness (QED) is 0.602. The molecule has 0 saturated carbocycles. The van der Waals surface area contributed by atoms with E-state index in [9.17, 15) is 4.79 Å². The van der Waals surface area contributed by atoms with E-state index in [1.807, 2.05) is 19.1 Å². The van der Waals surface area contributed by atoms with Crippen LogP contribution in [0.3, 0.4) is 0 Å². The van der Waals surface area contributed by atoms with Gasteiger partial charge in [-0.05, 0) is 26.3 Å². The van der Waals surface area contributed by atoms with Crippen LogP contribution in [-0.2, 0) is 4.74 Å². The molecule has 5 heteroatoms. The number of carbonyl (C=O) groups excluding carboxylic acids is 1. The highest BCUT2D eigenvalue weighted by atomic mass is 35.5. The zero-order valence-corrected chi connectivity index (χ0v) is 10.9. The number of halogens is 1. The SMILES string of the molecule is CCOC(=O)c1sc(C=CCCCl)nc1C. The first-order valence-electron chi connectivity index (χ1n) is 5.06. The van der Waals surface area contributed by atoms with Gasteiger partial charge in [-0.2, -0.15) is 0 Å². The molecule has 1 heterocycles. The van der Waals surface area contributed by atoms with Crippen molar-refractivity contribution in [2.24, 2.45) is 0 Å². The lowest BCUT2D eigenvalue weighted by Crippen LogP contribution is -2.03. The molecular formula is C11H14ClNO2S. The second-order valence-electron chi connectivity index (χ2n) is 3.07. The van der Waals surface area contributed by atoms with Gasteiger partial charge in [0, 0.05) is 5.88 Å². The highest BCUT2D eigenvalue weighted by Gasteiger charge is 2.14. The molecule has 0 aromatic carbocycles. The molecule has 16 heavy (non-hydrogen) atoms. The van der Waals surface area contributed by atoms with Crippen LogP contribution in [-0.4, -0.2) is 23.4 Å². The molecule has 0 aliphatic carbocycles. The highest BCUT2D eigenvalue weighted by molar-refractivity contribution is 7.14. The fraction of sp³-hybridized carbons (Fsp3) is 0.455. The number of hydrogen-bond acceptors (Lipinski definition) is 4. The third-order valence-electron chi connectivity index (χ3n) is 1.81. The molecular weight excluding hydrogens is 246 g/mol. The maximum Gasteiger partial charge on any atom is 0.350 e. The Morgan fingerprint density at radius 2 is 2.38 bits per heavy atom. The van der Waals surface area contributed by atoms with Crippen molar-refractivity contribution in [3.05, 3.63) is 21.7 Å². The molecule has 3 nitrogen and oxygen atoms in total. The van der Waals surface area contributed by atoms with Gasteiger partial charge in [0.15, 0.2) is 0 Å². The van der Waals surface area contributed by atoms with Gasteiger partial charge >= 0.3 is 5.97 Å². The smallest absolute Gasteiger partial charge is 0.350 e. The van der Waals surface area contributed by atoms with Gasteiger partial charge in [0.05, 0.1) is 12.3 Å². The van der Waals surface area contributed by atoms with Gasteiger partial charge in [-0.15, -0.1) is 22.9 Å². The van der Waals surface area contributed by atoms with Crippen LogP contribution < -0.4 is 0 Å². The third kappa shape index (κ3) is 3.61. The summed E-state index contributed by atoms with van der Waals surface area (Å²) in [6, 6.07) is 0. The van der Waals surface area contributed by atoms with Gasteiger partial charge in [0.2, 0.25) is 0 Å². The Labute approximate surface area is 104 Å². The summed E-state index contributed by atoms with van der Waals surface area (Å²) in [5, 5.41) is 0.811. The Bertz CT molecular complexity index is 387. The van der Waals surface area contributed by atoms with Crippen molar-refractivity contribution in [1.29, 1.82) is 0 Å². The monoisotopic (exact) mass is 259 g/mol. The number of ether oxygens (including phenoxy) is 1. The van der Waals surface area contributed by atoms with Crippen molar-refractivity contribution < 1.29 is 9.53 Å². The van der Waals surface area contributed by atoms with Crippen LogP contribution in [0.2, 0.25) is 0 Å². The zero-order chi connectivity index (χ0) is 12.0. The first-order valence-corrected chi connectivity index (χ1v) is 6.41. The molecule has 0 amide bonds. The molecule has 0 saturated heterocycles.